The number of ether oxygens (including phenoxy) is 1. The second kappa shape index (κ2) is 12.0. The molecule has 37 heavy (non-hydrogen) atoms. The largest absolute Gasteiger partial charge is 0.381 e. The van der Waals surface area contributed by atoms with Crippen LogP contribution in [0.5, 0.6) is 0 Å². The minimum Gasteiger partial charge on any atom is -0.381 e. The number of amides is 2. The Labute approximate surface area is 222 Å². The smallest absolute Gasteiger partial charge is 0.253 e. The van der Waals surface area contributed by atoms with Crippen LogP contribution in [0.15, 0.2) is 59.2 Å². The Hall–Kier alpha value is -3.10. The van der Waals surface area contributed by atoms with Crippen LogP contribution in [0.2, 0.25) is 0 Å². The van der Waals surface area contributed by atoms with Crippen LogP contribution in [0, 0.1) is 11.8 Å². The van der Waals surface area contributed by atoms with Crippen molar-refractivity contribution in [2.24, 2.45) is 23.9 Å². The molecule has 1 unspecified atom stereocenters. The van der Waals surface area contributed by atoms with Crippen LogP contribution < -0.4 is 10.6 Å². The van der Waals surface area contributed by atoms with E-state index >= 15 is 0 Å². The Morgan fingerprint density at radius 2 is 2.03 bits per heavy atom. The number of benzene rings is 1. The van der Waals surface area contributed by atoms with Crippen molar-refractivity contribution in [1.29, 1.82) is 0 Å². The molecule has 2 aliphatic heterocycles. The van der Waals surface area contributed by atoms with Crippen LogP contribution in [0.1, 0.15) is 53.6 Å². The van der Waals surface area contributed by atoms with Gasteiger partial charge in [-0.15, -0.1) is 11.8 Å². The van der Waals surface area contributed by atoms with Crippen molar-refractivity contribution in [2.75, 3.05) is 25.5 Å². The maximum absolute atomic E-state index is 12.5. The molecular weight excluding hydrogens is 484 g/mol. The van der Waals surface area contributed by atoms with Gasteiger partial charge in [-0.1, -0.05) is 30.7 Å². The number of aromatic nitrogens is 1. The van der Waals surface area contributed by atoms with Crippen molar-refractivity contribution < 1.29 is 14.3 Å². The van der Waals surface area contributed by atoms with Crippen LogP contribution in [0.4, 0.5) is 0 Å². The number of carbonyl (C=O) groups is 2. The van der Waals surface area contributed by atoms with Gasteiger partial charge in [0.15, 0.2) is 0 Å². The quantitative estimate of drug-likeness (QED) is 0.584. The highest BCUT2D eigenvalue weighted by Crippen LogP contribution is 2.35. The molecule has 0 saturated carbocycles. The van der Waals surface area contributed by atoms with E-state index in [0.29, 0.717) is 17.2 Å². The molecule has 2 aromatic rings. The van der Waals surface area contributed by atoms with Gasteiger partial charge in [-0.3, -0.25) is 9.59 Å². The van der Waals surface area contributed by atoms with Crippen LogP contribution in [0.25, 0.3) is 11.3 Å². The number of rotatable bonds is 6. The van der Waals surface area contributed by atoms with E-state index in [1.165, 1.54) is 30.4 Å². The van der Waals surface area contributed by atoms with Gasteiger partial charge < -0.3 is 19.9 Å². The second-order valence-electron chi connectivity index (χ2n) is 10.0. The Balaban J connectivity index is 1.21. The van der Waals surface area contributed by atoms with Gasteiger partial charge in [0.25, 0.3) is 5.91 Å². The van der Waals surface area contributed by atoms with Gasteiger partial charge >= 0.3 is 0 Å². The first-order valence-electron chi connectivity index (χ1n) is 13.0. The first-order valence-corrected chi connectivity index (χ1v) is 14.1. The Morgan fingerprint density at radius 3 is 2.81 bits per heavy atom. The molecule has 8 heteroatoms. The van der Waals surface area contributed by atoms with E-state index in [-0.39, 0.29) is 18.4 Å². The maximum Gasteiger partial charge on any atom is 0.253 e. The second-order valence-corrected chi connectivity index (χ2v) is 10.9. The predicted molar refractivity (Wildman–Crippen MR) is 149 cm³/mol. The lowest BCUT2D eigenvalue weighted by atomic mass is 9.81. The molecule has 2 N–H and O–H groups in total. The average Bonchev–Trinajstić information content (AvgIpc) is 3.30. The number of aliphatic imine (C=N–C) groups is 1. The number of amidine groups is 1. The summed E-state index contributed by atoms with van der Waals surface area (Å²) < 4.78 is 7.24. The SMILES string of the molecule is Cn1ccc(C(=O)NCC(=O)NC2=NC(c3cccc(/C4=C/CC(C5COC5)CCCC4)c3)=CSC2)c1. The molecule has 0 bridgehead atoms. The number of allylic oxidation sites excluding steroid dienone is 2. The summed E-state index contributed by atoms with van der Waals surface area (Å²) in [5, 5.41) is 7.57. The number of hydrogen-bond acceptors (Lipinski definition) is 5. The topological polar surface area (TPSA) is 84.7 Å². The van der Waals surface area contributed by atoms with Crippen molar-refractivity contribution in [1.82, 2.24) is 15.2 Å². The summed E-state index contributed by atoms with van der Waals surface area (Å²) in [6.45, 7) is 1.74. The van der Waals surface area contributed by atoms with Crippen molar-refractivity contribution in [2.45, 2.75) is 32.1 Å². The fourth-order valence-corrected chi connectivity index (χ4v) is 5.76. The molecule has 1 aromatic carbocycles. The molecule has 5 rings (SSSR count). The van der Waals surface area contributed by atoms with Gasteiger partial charge in [-0.05, 0) is 60.3 Å². The summed E-state index contributed by atoms with van der Waals surface area (Å²) >= 11 is 1.61. The fraction of sp³-hybridized carbons (Fsp3) is 0.414. The van der Waals surface area contributed by atoms with Gasteiger partial charge in [0, 0.05) is 30.9 Å². The first-order chi connectivity index (χ1) is 18.0. The van der Waals surface area contributed by atoms with Crippen molar-refractivity contribution in [3.63, 3.8) is 0 Å². The molecule has 1 atom stereocenters. The van der Waals surface area contributed by atoms with Crippen molar-refractivity contribution in [3.05, 3.63) is 70.9 Å². The molecule has 3 heterocycles. The molecule has 0 spiro atoms. The number of thioether (sulfide) groups is 1. The van der Waals surface area contributed by atoms with E-state index in [2.05, 4.69) is 41.0 Å². The molecule has 2 amide bonds. The summed E-state index contributed by atoms with van der Waals surface area (Å²) in [6.07, 6.45) is 12.0. The summed E-state index contributed by atoms with van der Waals surface area (Å²) in [5.41, 5.74) is 5.09. The summed E-state index contributed by atoms with van der Waals surface area (Å²) in [5.74, 6) is 2.08. The van der Waals surface area contributed by atoms with Gasteiger partial charge in [-0.25, -0.2) is 4.99 Å². The van der Waals surface area contributed by atoms with Gasteiger partial charge in [0.2, 0.25) is 5.91 Å². The summed E-state index contributed by atoms with van der Waals surface area (Å²) in [6, 6.07) is 10.3. The maximum atomic E-state index is 12.5. The van der Waals surface area contributed by atoms with Gasteiger partial charge in [0.05, 0.1) is 36.8 Å². The molecule has 1 fully saturated rings. The van der Waals surface area contributed by atoms with Crippen molar-refractivity contribution >= 4 is 40.7 Å². The number of nitrogens with one attached hydrogen (secondary N) is 2. The van der Waals surface area contributed by atoms with Crippen LogP contribution in [-0.4, -0.2) is 47.7 Å². The summed E-state index contributed by atoms with van der Waals surface area (Å²) in [7, 11) is 1.85. The zero-order valence-corrected chi connectivity index (χ0v) is 22.1. The minimum absolute atomic E-state index is 0.103. The van der Waals surface area contributed by atoms with E-state index in [4.69, 9.17) is 9.73 Å². The summed E-state index contributed by atoms with van der Waals surface area (Å²) in [4.78, 5) is 29.4. The van der Waals surface area contributed by atoms with Crippen LogP contribution in [0.3, 0.4) is 0 Å². The lowest BCUT2D eigenvalue weighted by Gasteiger charge is -2.34. The molecule has 7 nitrogen and oxygen atoms in total. The van der Waals surface area contributed by atoms with E-state index < -0.39 is 0 Å². The third-order valence-corrected chi connectivity index (χ3v) is 8.09. The highest BCUT2D eigenvalue weighted by atomic mass is 32.2. The fourth-order valence-electron chi connectivity index (χ4n) is 5.04. The third-order valence-electron chi connectivity index (χ3n) is 7.26. The molecule has 194 valence electrons. The standard InChI is InChI=1S/C29H34N4O3S/c1-33-12-11-24(15-33)29(35)30-14-28(34)32-27-19-37-18-26(31-27)23-8-4-7-22(13-23)20-5-2-3-6-21(10-9-20)25-16-36-17-25/h4,7-9,11-13,15,18,21,25H,2-3,5-6,10,14,16-17,19H2,1H3,(H,30,35)(H,31,32,34)/b20-9+. The number of carbonyl (C=O) groups excluding carboxylic acids is 2. The first kappa shape index (κ1) is 25.5. The Bertz CT molecular complexity index is 1240. The minimum atomic E-state index is -0.287. The van der Waals surface area contributed by atoms with E-state index in [1.54, 1.807) is 34.8 Å². The van der Waals surface area contributed by atoms with Gasteiger partial charge in [-0.2, -0.15) is 0 Å². The zero-order chi connectivity index (χ0) is 25.6. The number of hydrogen-bond donors (Lipinski definition) is 2. The predicted octanol–water partition coefficient (Wildman–Crippen LogP) is 4.63. The molecule has 1 aliphatic carbocycles. The van der Waals surface area contributed by atoms with Crippen LogP contribution >= 0.6 is 11.8 Å². The normalized spacial score (nSPS) is 21.9. The van der Waals surface area contributed by atoms with Crippen LogP contribution in [-0.2, 0) is 16.6 Å². The molecule has 0 radical (unpaired) electrons. The highest BCUT2D eigenvalue weighted by Gasteiger charge is 2.28. The molecular formula is C29H34N4O3S. The van der Waals surface area contributed by atoms with E-state index in [9.17, 15) is 9.59 Å². The molecule has 1 aromatic heterocycles. The molecule has 1 saturated heterocycles. The van der Waals surface area contributed by atoms with E-state index in [1.807, 2.05) is 12.5 Å². The number of nitrogens with zero attached hydrogens (tertiary/aromatic N) is 2. The monoisotopic (exact) mass is 518 g/mol. The molecule has 3 aliphatic rings. The Kier molecular flexibility index (Phi) is 8.26. The third kappa shape index (κ3) is 6.62. The highest BCUT2D eigenvalue weighted by molar-refractivity contribution is 8.03. The lowest BCUT2D eigenvalue weighted by molar-refractivity contribution is -0.118. The van der Waals surface area contributed by atoms with Crippen molar-refractivity contribution in [3.8, 4) is 0 Å². The zero-order valence-electron chi connectivity index (χ0n) is 21.2. The lowest BCUT2D eigenvalue weighted by Crippen LogP contribution is -2.40. The Morgan fingerprint density at radius 1 is 1.16 bits per heavy atom. The average molecular weight is 519 g/mol. The van der Waals surface area contributed by atoms with Gasteiger partial charge in [0.1, 0.15) is 5.84 Å². The number of aryl methyl sites for hydroxylation is 1. The van der Waals surface area contributed by atoms with E-state index in [0.717, 1.165) is 49.2 Å².